The molecule has 0 aliphatic rings. The summed E-state index contributed by atoms with van der Waals surface area (Å²) in [5, 5.41) is 3.26. The first-order chi connectivity index (χ1) is 15.2. The molecule has 9 heteroatoms. The molecule has 3 aromatic carbocycles. The van der Waals surface area contributed by atoms with Crippen LogP contribution in [0.4, 0.5) is 5.69 Å². The van der Waals surface area contributed by atoms with Crippen molar-refractivity contribution >= 4 is 33.2 Å². The van der Waals surface area contributed by atoms with Gasteiger partial charge in [0, 0.05) is 35.4 Å². The summed E-state index contributed by atoms with van der Waals surface area (Å²) in [6.07, 6.45) is 0. The molecule has 3 aromatic rings. The van der Waals surface area contributed by atoms with Crippen molar-refractivity contribution in [1.82, 2.24) is 4.31 Å². The molecule has 1 amide bonds. The van der Waals surface area contributed by atoms with E-state index in [0.717, 1.165) is 0 Å². The summed E-state index contributed by atoms with van der Waals surface area (Å²) in [4.78, 5) is 12.9. The predicted molar refractivity (Wildman–Crippen MR) is 124 cm³/mol. The number of nitrogens with zero attached hydrogens (tertiary/aromatic N) is 1. The lowest BCUT2D eigenvalue weighted by Crippen LogP contribution is -2.27. The van der Waals surface area contributed by atoms with Crippen molar-refractivity contribution in [2.45, 2.75) is 11.4 Å². The average Bonchev–Trinajstić information content (AvgIpc) is 2.79. The summed E-state index contributed by atoms with van der Waals surface area (Å²) in [5.41, 5.74) is 1.53. The van der Waals surface area contributed by atoms with Crippen LogP contribution in [0.5, 0.6) is 11.5 Å². The molecular formula is C23H23ClN2O5S. The highest BCUT2D eigenvalue weighted by molar-refractivity contribution is 7.89. The Balaban J connectivity index is 1.82. The molecule has 168 valence electrons. The maximum Gasteiger partial charge on any atom is 0.255 e. The average molecular weight is 475 g/mol. The smallest absolute Gasteiger partial charge is 0.255 e. The highest BCUT2D eigenvalue weighted by atomic mass is 35.5. The molecule has 32 heavy (non-hydrogen) atoms. The van der Waals surface area contributed by atoms with E-state index in [2.05, 4.69) is 5.32 Å². The molecule has 0 radical (unpaired) electrons. The van der Waals surface area contributed by atoms with Crippen molar-refractivity contribution in [1.29, 1.82) is 0 Å². The Bertz CT molecular complexity index is 1200. The minimum Gasteiger partial charge on any atom is -0.497 e. The molecule has 0 saturated carbocycles. The van der Waals surface area contributed by atoms with Crippen molar-refractivity contribution in [3.05, 3.63) is 82.9 Å². The van der Waals surface area contributed by atoms with E-state index in [-0.39, 0.29) is 17.3 Å². The number of sulfonamides is 1. The fourth-order valence-corrected chi connectivity index (χ4v) is 4.31. The van der Waals surface area contributed by atoms with E-state index < -0.39 is 10.0 Å². The molecule has 0 atom stereocenters. The number of benzene rings is 3. The van der Waals surface area contributed by atoms with Gasteiger partial charge in [0.05, 0.1) is 19.1 Å². The molecule has 0 aromatic heterocycles. The van der Waals surface area contributed by atoms with Crippen LogP contribution in [0.2, 0.25) is 5.02 Å². The fraction of sp³-hybridized carbons (Fsp3) is 0.174. The number of carbonyl (C=O) groups excluding carboxylic acids is 1. The lowest BCUT2D eigenvalue weighted by atomic mass is 10.1. The van der Waals surface area contributed by atoms with Crippen LogP contribution in [0.25, 0.3) is 0 Å². The summed E-state index contributed by atoms with van der Waals surface area (Å²) in [5.74, 6) is 0.825. The van der Waals surface area contributed by atoms with Crippen LogP contribution in [0.3, 0.4) is 0 Å². The largest absolute Gasteiger partial charge is 0.497 e. The minimum absolute atomic E-state index is 0.0117. The quantitative estimate of drug-likeness (QED) is 0.522. The molecule has 7 nitrogen and oxygen atoms in total. The Morgan fingerprint density at radius 3 is 2.22 bits per heavy atom. The van der Waals surface area contributed by atoms with E-state index in [1.165, 1.54) is 42.7 Å². The van der Waals surface area contributed by atoms with E-state index in [0.29, 0.717) is 33.3 Å². The van der Waals surface area contributed by atoms with Gasteiger partial charge in [-0.2, -0.15) is 4.31 Å². The lowest BCUT2D eigenvalue weighted by Gasteiger charge is -2.19. The molecule has 0 spiro atoms. The number of methoxy groups -OCH3 is 2. The zero-order valence-corrected chi connectivity index (χ0v) is 19.4. The number of hydrogen-bond acceptors (Lipinski definition) is 5. The number of rotatable bonds is 8. The number of anilines is 1. The van der Waals surface area contributed by atoms with Gasteiger partial charge in [0.2, 0.25) is 10.0 Å². The van der Waals surface area contributed by atoms with Crippen LogP contribution in [0, 0.1) is 0 Å². The molecule has 0 aliphatic carbocycles. The first kappa shape index (κ1) is 23.6. The van der Waals surface area contributed by atoms with Crippen LogP contribution in [0.15, 0.2) is 71.6 Å². The molecule has 0 bridgehead atoms. The molecule has 0 aliphatic heterocycles. The highest BCUT2D eigenvalue weighted by Crippen LogP contribution is 2.25. The molecule has 1 N–H and O–H groups in total. The Kier molecular flexibility index (Phi) is 7.40. The molecule has 0 saturated heterocycles. The molecule has 0 fully saturated rings. The van der Waals surface area contributed by atoms with Gasteiger partial charge in [-0.05, 0) is 66.7 Å². The monoisotopic (exact) mass is 474 g/mol. The van der Waals surface area contributed by atoms with Crippen LogP contribution in [-0.2, 0) is 16.6 Å². The zero-order chi connectivity index (χ0) is 23.3. The van der Waals surface area contributed by atoms with Gasteiger partial charge in [0.15, 0.2) is 0 Å². The second-order valence-electron chi connectivity index (χ2n) is 6.92. The maximum absolute atomic E-state index is 12.9. The molecular weight excluding hydrogens is 452 g/mol. The van der Waals surface area contributed by atoms with Gasteiger partial charge in [-0.15, -0.1) is 0 Å². The Labute approximate surface area is 192 Å². The summed E-state index contributed by atoms with van der Waals surface area (Å²) < 4.78 is 37.5. The third-order valence-electron chi connectivity index (χ3n) is 4.81. The number of ether oxygens (including phenoxy) is 2. The van der Waals surface area contributed by atoms with Crippen molar-refractivity contribution in [3.8, 4) is 11.5 Å². The van der Waals surface area contributed by atoms with Crippen LogP contribution < -0.4 is 14.8 Å². The van der Waals surface area contributed by atoms with Crippen LogP contribution in [0.1, 0.15) is 15.9 Å². The van der Waals surface area contributed by atoms with E-state index in [1.807, 2.05) is 0 Å². The first-order valence-electron chi connectivity index (χ1n) is 9.59. The van der Waals surface area contributed by atoms with Gasteiger partial charge in [-0.25, -0.2) is 8.42 Å². The number of carbonyl (C=O) groups is 1. The fourth-order valence-electron chi connectivity index (χ4n) is 3.03. The van der Waals surface area contributed by atoms with Crippen LogP contribution >= 0.6 is 11.6 Å². The summed E-state index contributed by atoms with van der Waals surface area (Å²) in [7, 11) is 0.761. The summed E-state index contributed by atoms with van der Waals surface area (Å²) >= 11 is 5.86. The molecule has 3 rings (SSSR count). The number of halogens is 1. The van der Waals surface area contributed by atoms with Gasteiger partial charge < -0.3 is 14.8 Å². The Hall–Kier alpha value is -3.07. The lowest BCUT2D eigenvalue weighted by molar-refractivity contribution is 0.102. The van der Waals surface area contributed by atoms with Gasteiger partial charge in [0.25, 0.3) is 5.91 Å². The van der Waals surface area contributed by atoms with Crippen molar-refractivity contribution in [2.24, 2.45) is 0 Å². The third-order valence-corrected chi connectivity index (χ3v) is 6.87. The number of hydrogen-bond donors (Lipinski definition) is 1. The van der Waals surface area contributed by atoms with Gasteiger partial charge in [0.1, 0.15) is 11.5 Å². The van der Waals surface area contributed by atoms with Crippen molar-refractivity contribution in [2.75, 3.05) is 26.6 Å². The second-order valence-corrected chi connectivity index (χ2v) is 9.41. The first-order valence-corrected chi connectivity index (χ1v) is 11.4. The normalized spacial score (nSPS) is 11.3. The number of nitrogens with one attached hydrogen (secondary N) is 1. The van der Waals surface area contributed by atoms with E-state index in [9.17, 15) is 13.2 Å². The van der Waals surface area contributed by atoms with Crippen molar-refractivity contribution in [3.63, 3.8) is 0 Å². The zero-order valence-electron chi connectivity index (χ0n) is 17.8. The topological polar surface area (TPSA) is 84.9 Å². The Morgan fingerprint density at radius 1 is 0.969 bits per heavy atom. The minimum atomic E-state index is -3.76. The highest BCUT2D eigenvalue weighted by Gasteiger charge is 2.22. The van der Waals surface area contributed by atoms with Gasteiger partial charge in [-0.3, -0.25) is 4.79 Å². The molecule has 0 heterocycles. The third kappa shape index (κ3) is 5.40. The van der Waals surface area contributed by atoms with E-state index in [1.54, 1.807) is 49.6 Å². The summed E-state index contributed by atoms with van der Waals surface area (Å²) in [6.45, 7) is 0.0117. The number of amides is 1. The second kappa shape index (κ2) is 10.0. The maximum atomic E-state index is 12.9. The molecule has 0 unspecified atom stereocenters. The summed E-state index contributed by atoms with van der Waals surface area (Å²) in [6, 6.07) is 17.8. The van der Waals surface area contributed by atoms with Gasteiger partial charge >= 0.3 is 0 Å². The van der Waals surface area contributed by atoms with E-state index in [4.69, 9.17) is 21.1 Å². The predicted octanol–water partition coefficient (Wildman–Crippen LogP) is 4.43. The Morgan fingerprint density at radius 2 is 1.62 bits per heavy atom. The van der Waals surface area contributed by atoms with E-state index >= 15 is 0 Å². The van der Waals surface area contributed by atoms with Crippen LogP contribution in [-0.4, -0.2) is 39.9 Å². The SMILES string of the molecule is COc1ccc(NC(=O)c2ccc(OC)c(CN(C)S(=O)(=O)c3ccc(Cl)cc3)c2)cc1. The van der Waals surface area contributed by atoms with Gasteiger partial charge in [-0.1, -0.05) is 11.6 Å². The van der Waals surface area contributed by atoms with Crippen molar-refractivity contribution < 1.29 is 22.7 Å². The standard InChI is InChI=1S/C23H23ClN2O5S/c1-26(32(28,29)21-11-5-18(24)6-12-21)15-17-14-16(4-13-22(17)31-3)23(27)25-19-7-9-20(30-2)10-8-19/h4-14H,15H2,1-3H3,(H,25,27).